The number of nitrogens with zero attached hydrogens (tertiary/aromatic N) is 3. The minimum Gasteiger partial charge on any atom is -0.507 e. The molecule has 0 saturated carbocycles. The maximum Gasteiger partial charge on any atom is 0.216 e. The molecule has 0 amide bonds. The lowest BCUT2D eigenvalue weighted by Gasteiger charge is -2.04. The summed E-state index contributed by atoms with van der Waals surface area (Å²) in [5.74, 6) is 0.178. The van der Waals surface area contributed by atoms with Crippen LogP contribution in [0.4, 0.5) is 0 Å². The van der Waals surface area contributed by atoms with E-state index in [0.29, 0.717) is 10.3 Å². The number of aromatic nitrogens is 3. The molecule has 0 radical (unpaired) electrons. The van der Waals surface area contributed by atoms with Gasteiger partial charge in [0.1, 0.15) is 12.1 Å². The molecule has 0 aliphatic rings. The van der Waals surface area contributed by atoms with Crippen molar-refractivity contribution in [2.75, 3.05) is 0 Å². The Kier molecular flexibility index (Phi) is 2.85. The maximum atomic E-state index is 9.96. The van der Waals surface area contributed by atoms with Crippen LogP contribution in [0.3, 0.4) is 0 Å². The lowest BCUT2D eigenvalue weighted by molar-refractivity contribution is 0.475. The SMILES string of the molecule is Oc1ccc2ccccc2c1/C=N\n1cn[nH]c1=S. The standard InChI is InChI=1S/C13H10N4OS/c18-12-6-5-9-3-1-2-4-10(9)11(12)7-15-17-8-14-16-13(17)19/h1-8,18H,(H,16,19)/b15-7-. The zero-order valence-electron chi connectivity index (χ0n) is 9.82. The first-order valence-electron chi connectivity index (χ1n) is 5.63. The predicted octanol–water partition coefficient (Wildman–Crippen LogP) is 2.68. The molecule has 0 bridgehead atoms. The summed E-state index contributed by atoms with van der Waals surface area (Å²) in [7, 11) is 0. The Morgan fingerprint density at radius 1 is 1.26 bits per heavy atom. The number of nitrogens with one attached hydrogen (secondary N) is 1. The molecule has 0 aliphatic heterocycles. The van der Waals surface area contributed by atoms with Crippen LogP contribution in [0.25, 0.3) is 10.8 Å². The molecule has 0 aliphatic carbocycles. The van der Waals surface area contributed by atoms with Gasteiger partial charge in [-0.25, -0.2) is 0 Å². The summed E-state index contributed by atoms with van der Waals surface area (Å²) < 4.78 is 1.83. The molecule has 3 rings (SSSR count). The fraction of sp³-hybridized carbons (Fsp3) is 0. The zero-order chi connectivity index (χ0) is 13.2. The minimum absolute atomic E-state index is 0.178. The highest BCUT2D eigenvalue weighted by Crippen LogP contribution is 2.25. The highest BCUT2D eigenvalue weighted by Gasteiger charge is 2.04. The van der Waals surface area contributed by atoms with E-state index in [1.54, 1.807) is 12.3 Å². The molecule has 1 heterocycles. The molecule has 0 fully saturated rings. The van der Waals surface area contributed by atoms with Gasteiger partial charge < -0.3 is 5.11 Å². The van der Waals surface area contributed by atoms with Crippen molar-refractivity contribution >= 4 is 29.2 Å². The van der Waals surface area contributed by atoms with Crippen molar-refractivity contribution in [2.45, 2.75) is 0 Å². The van der Waals surface area contributed by atoms with E-state index in [-0.39, 0.29) is 5.75 Å². The van der Waals surface area contributed by atoms with Crippen molar-refractivity contribution in [3.63, 3.8) is 0 Å². The van der Waals surface area contributed by atoms with Gasteiger partial charge in [-0.3, -0.25) is 5.10 Å². The fourth-order valence-electron chi connectivity index (χ4n) is 1.86. The number of phenols is 1. The quantitative estimate of drug-likeness (QED) is 0.556. The maximum absolute atomic E-state index is 9.96. The molecule has 1 aromatic heterocycles. The normalized spacial score (nSPS) is 11.4. The monoisotopic (exact) mass is 270 g/mol. The second kappa shape index (κ2) is 4.66. The van der Waals surface area contributed by atoms with Crippen molar-refractivity contribution in [3.8, 4) is 5.75 Å². The molecule has 3 aromatic rings. The fourth-order valence-corrected chi connectivity index (χ4v) is 2.01. The molecule has 0 spiro atoms. The highest BCUT2D eigenvalue weighted by atomic mass is 32.1. The number of aromatic amines is 1. The molecule has 19 heavy (non-hydrogen) atoms. The molecule has 0 saturated heterocycles. The number of benzene rings is 2. The van der Waals surface area contributed by atoms with Gasteiger partial charge in [0.15, 0.2) is 0 Å². The number of fused-ring (bicyclic) bond motifs is 1. The second-order valence-electron chi connectivity index (χ2n) is 3.97. The van der Waals surface area contributed by atoms with Gasteiger partial charge in [-0.2, -0.15) is 14.9 Å². The first-order valence-corrected chi connectivity index (χ1v) is 6.03. The average molecular weight is 270 g/mol. The van der Waals surface area contributed by atoms with Gasteiger partial charge in [0, 0.05) is 5.56 Å². The van der Waals surface area contributed by atoms with Crippen molar-refractivity contribution in [1.82, 2.24) is 14.9 Å². The summed E-state index contributed by atoms with van der Waals surface area (Å²) >= 11 is 5.00. The molecular formula is C13H10N4OS. The van der Waals surface area contributed by atoms with Crippen LogP contribution < -0.4 is 0 Å². The second-order valence-corrected chi connectivity index (χ2v) is 4.36. The highest BCUT2D eigenvalue weighted by molar-refractivity contribution is 7.71. The Labute approximate surface area is 113 Å². The Balaban J connectivity index is 2.15. The lowest BCUT2D eigenvalue weighted by Crippen LogP contribution is -1.91. The van der Waals surface area contributed by atoms with Crippen LogP contribution in [0, 0.1) is 4.77 Å². The lowest BCUT2D eigenvalue weighted by atomic mass is 10.0. The summed E-state index contributed by atoms with van der Waals surface area (Å²) in [5, 5.41) is 22.5. The number of aromatic hydroxyl groups is 1. The largest absolute Gasteiger partial charge is 0.507 e. The molecule has 0 atom stereocenters. The minimum atomic E-state index is 0.178. The van der Waals surface area contributed by atoms with E-state index >= 15 is 0 Å². The van der Waals surface area contributed by atoms with E-state index in [0.717, 1.165) is 10.8 Å². The average Bonchev–Trinajstić information content (AvgIpc) is 2.83. The van der Waals surface area contributed by atoms with Gasteiger partial charge in [-0.05, 0) is 29.1 Å². The van der Waals surface area contributed by atoms with E-state index in [1.165, 1.54) is 11.0 Å². The van der Waals surface area contributed by atoms with Crippen molar-refractivity contribution in [1.29, 1.82) is 0 Å². The first-order chi connectivity index (χ1) is 9.25. The van der Waals surface area contributed by atoms with Crippen LogP contribution in [0.1, 0.15) is 5.56 Å². The molecule has 0 unspecified atom stereocenters. The van der Waals surface area contributed by atoms with Gasteiger partial charge in [0.05, 0.1) is 6.21 Å². The van der Waals surface area contributed by atoms with Gasteiger partial charge in [0.2, 0.25) is 4.77 Å². The van der Waals surface area contributed by atoms with Crippen molar-refractivity contribution < 1.29 is 5.11 Å². The van der Waals surface area contributed by atoms with Gasteiger partial charge in [-0.15, -0.1) is 0 Å². The van der Waals surface area contributed by atoms with Gasteiger partial charge >= 0.3 is 0 Å². The van der Waals surface area contributed by atoms with E-state index in [2.05, 4.69) is 15.3 Å². The third-order valence-corrected chi connectivity index (χ3v) is 3.07. The van der Waals surface area contributed by atoms with Crippen LogP contribution in [0.15, 0.2) is 47.8 Å². The van der Waals surface area contributed by atoms with Gasteiger partial charge in [0.25, 0.3) is 0 Å². The van der Waals surface area contributed by atoms with E-state index in [1.807, 2.05) is 30.3 Å². The number of phenolic OH excluding ortho intramolecular Hbond substituents is 1. The number of rotatable bonds is 2. The van der Waals surface area contributed by atoms with Gasteiger partial charge in [-0.1, -0.05) is 30.3 Å². The van der Waals surface area contributed by atoms with Crippen LogP contribution in [-0.4, -0.2) is 26.2 Å². The third-order valence-electron chi connectivity index (χ3n) is 2.79. The van der Waals surface area contributed by atoms with E-state index in [4.69, 9.17) is 12.2 Å². The summed E-state index contributed by atoms with van der Waals surface area (Å²) in [6.07, 6.45) is 3.05. The Morgan fingerprint density at radius 3 is 2.89 bits per heavy atom. The Morgan fingerprint density at radius 2 is 2.11 bits per heavy atom. The summed E-state index contributed by atoms with van der Waals surface area (Å²) in [4.78, 5) is 0. The van der Waals surface area contributed by atoms with Crippen molar-refractivity contribution in [2.24, 2.45) is 5.10 Å². The topological polar surface area (TPSA) is 66.2 Å². The predicted molar refractivity (Wildman–Crippen MR) is 76.0 cm³/mol. The summed E-state index contributed by atoms with van der Waals surface area (Å²) in [6, 6.07) is 11.3. The summed E-state index contributed by atoms with van der Waals surface area (Å²) in [5.41, 5.74) is 0.654. The number of H-pyrrole nitrogens is 1. The van der Waals surface area contributed by atoms with Crippen LogP contribution in [0.5, 0.6) is 5.75 Å². The van der Waals surface area contributed by atoms with Crippen LogP contribution in [0.2, 0.25) is 0 Å². The Hall–Kier alpha value is -2.47. The van der Waals surface area contributed by atoms with Crippen LogP contribution >= 0.6 is 12.2 Å². The third kappa shape index (κ3) is 2.13. The smallest absolute Gasteiger partial charge is 0.216 e. The molecule has 5 nitrogen and oxygen atoms in total. The molecule has 94 valence electrons. The molecule has 2 aromatic carbocycles. The van der Waals surface area contributed by atoms with E-state index < -0.39 is 0 Å². The molecular weight excluding hydrogens is 260 g/mol. The molecule has 6 heteroatoms. The number of hydrogen-bond acceptors (Lipinski definition) is 4. The van der Waals surface area contributed by atoms with Crippen molar-refractivity contribution in [3.05, 3.63) is 53.1 Å². The number of hydrogen-bond donors (Lipinski definition) is 2. The zero-order valence-corrected chi connectivity index (χ0v) is 10.6. The van der Waals surface area contributed by atoms with E-state index in [9.17, 15) is 5.11 Å². The van der Waals surface area contributed by atoms with Crippen LogP contribution in [-0.2, 0) is 0 Å². The molecule has 2 N–H and O–H groups in total. The summed E-state index contributed by atoms with van der Waals surface area (Å²) in [6.45, 7) is 0. The first kappa shape index (κ1) is 11.6. The Bertz CT molecular complexity index is 819.